The van der Waals surface area contributed by atoms with E-state index in [-0.39, 0.29) is 39.9 Å². The monoisotopic (exact) mass is 344 g/mol. The third-order valence-corrected chi connectivity index (χ3v) is 4.19. The predicted molar refractivity (Wildman–Crippen MR) is 87.3 cm³/mol. The highest BCUT2D eigenvalue weighted by molar-refractivity contribution is 6.00. The number of benzene rings is 2. The summed E-state index contributed by atoms with van der Waals surface area (Å²) in [5, 5.41) is 19.5. The first-order chi connectivity index (χ1) is 11.8. The van der Waals surface area contributed by atoms with Crippen LogP contribution >= 0.6 is 0 Å². The average molecular weight is 344 g/mol. The molecular weight excluding hydrogens is 328 g/mol. The molecule has 2 aromatic rings. The van der Waals surface area contributed by atoms with Gasteiger partial charge in [0, 0.05) is 11.1 Å². The van der Waals surface area contributed by atoms with Gasteiger partial charge in [-0.25, -0.2) is 9.59 Å². The Labute approximate surface area is 143 Å². The average Bonchev–Trinajstić information content (AvgIpc) is 2.70. The van der Waals surface area contributed by atoms with Gasteiger partial charge in [-0.05, 0) is 38.5 Å². The number of rotatable bonds is 2. The molecule has 2 aromatic carbocycles. The van der Waals surface area contributed by atoms with Gasteiger partial charge in [-0.2, -0.15) is 0 Å². The van der Waals surface area contributed by atoms with Crippen LogP contribution in [0, 0.1) is 20.8 Å². The normalized spacial score (nSPS) is 12.4. The van der Waals surface area contributed by atoms with E-state index in [0.717, 1.165) is 0 Å². The van der Waals surface area contributed by atoms with Gasteiger partial charge < -0.3 is 24.4 Å². The zero-order valence-electron chi connectivity index (χ0n) is 14.1. The minimum atomic E-state index is -1.26. The maximum absolute atomic E-state index is 12.6. The molecule has 0 atom stereocenters. The largest absolute Gasteiger partial charge is 0.508 e. The van der Waals surface area contributed by atoms with Crippen LogP contribution in [0.5, 0.6) is 28.7 Å². The van der Waals surface area contributed by atoms with Crippen LogP contribution < -0.4 is 14.2 Å². The molecule has 0 aromatic heterocycles. The first-order valence-corrected chi connectivity index (χ1v) is 7.44. The molecule has 0 saturated heterocycles. The van der Waals surface area contributed by atoms with Gasteiger partial charge in [-0.1, -0.05) is 0 Å². The zero-order chi connectivity index (χ0) is 18.5. The highest BCUT2D eigenvalue weighted by atomic mass is 16.6. The second-order valence-electron chi connectivity index (χ2n) is 5.75. The van der Waals surface area contributed by atoms with E-state index in [0.29, 0.717) is 16.7 Å². The van der Waals surface area contributed by atoms with Crippen molar-refractivity contribution in [1.82, 2.24) is 0 Å². The summed E-state index contributed by atoms with van der Waals surface area (Å²) in [4.78, 5) is 24.3. The smallest absolute Gasteiger partial charge is 0.347 e. The van der Waals surface area contributed by atoms with Gasteiger partial charge in [0.1, 0.15) is 28.4 Å². The molecule has 0 fully saturated rings. The van der Waals surface area contributed by atoms with Gasteiger partial charge in [-0.15, -0.1) is 0 Å². The van der Waals surface area contributed by atoms with Gasteiger partial charge in [0.25, 0.3) is 0 Å². The molecule has 1 aliphatic heterocycles. The molecule has 1 aliphatic rings. The van der Waals surface area contributed by atoms with Crippen molar-refractivity contribution in [3.8, 4) is 28.7 Å². The molecule has 0 saturated carbocycles. The number of carbonyl (C=O) groups is 2. The summed E-state index contributed by atoms with van der Waals surface area (Å²) in [6, 6.07) is 2.74. The van der Waals surface area contributed by atoms with Crippen molar-refractivity contribution in [2.75, 3.05) is 7.11 Å². The van der Waals surface area contributed by atoms with Crippen LogP contribution in [0.2, 0.25) is 0 Å². The quantitative estimate of drug-likeness (QED) is 0.636. The van der Waals surface area contributed by atoms with E-state index < -0.39 is 11.9 Å². The SMILES string of the molecule is COc1cc(C(=O)O)c2c(c1C)OC(=O)c1c(C)cc(O)c(C)c1O2. The van der Waals surface area contributed by atoms with Crippen molar-refractivity contribution < 1.29 is 34.0 Å². The topological polar surface area (TPSA) is 102 Å². The van der Waals surface area contributed by atoms with E-state index in [2.05, 4.69) is 0 Å². The molecule has 0 bridgehead atoms. The van der Waals surface area contributed by atoms with Crippen LogP contribution in [0.1, 0.15) is 37.4 Å². The molecule has 7 heteroatoms. The summed E-state index contributed by atoms with van der Waals surface area (Å²) in [5.74, 6) is -1.80. The third kappa shape index (κ3) is 2.44. The number of hydrogen-bond donors (Lipinski definition) is 2. The van der Waals surface area contributed by atoms with Gasteiger partial charge in [0.15, 0.2) is 11.5 Å². The van der Waals surface area contributed by atoms with E-state index in [1.807, 2.05) is 0 Å². The number of carboxylic acid groups (broad SMARTS) is 1. The number of carboxylic acids is 1. The van der Waals surface area contributed by atoms with Crippen molar-refractivity contribution in [1.29, 1.82) is 0 Å². The Kier molecular flexibility index (Phi) is 3.79. The van der Waals surface area contributed by atoms with E-state index >= 15 is 0 Å². The lowest BCUT2D eigenvalue weighted by Gasteiger charge is -2.16. The second kappa shape index (κ2) is 5.70. The Bertz CT molecular complexity index is 928. The fraction of sp³-hybridized carbons (Fsp3) is 0.222. The number of aryl methyl sites for hydroxylation is 1. The maximum Gasteiger partial charge on any atom is 0.347 e. The number of ether oxygens (including phenoxy) is 3. The van der Waals surface area contributed by atoms with E-state index in [1.54, 1.807) is 20.8 Å². The Hall–Kier alpha value is -3.22. The van der Waals surface area contributed by atoms with E-state index in [1.165, 1.54) is 19.2 Å². The summed E-state index contributed by atoms with van der Waals surface area (Å²) >= 11 is 0. The molecule has 130 valence electrons. The number of hydrogen-bond acceptors (Lipinski definition) is 6. The van der Waals surface area contributed by atoms with Crippen molar-refractivity contribution in [2.45, 2.75) is 20.8 Å². The first kappa shape index (κ1) is 16.6. The molecule has 1 heterocycles. The second-order valence-corrected chi connectivity index (χ2v) is 5.75. The molecule has 0 spiro atoms. The van der Waals surface area contributed by atoms with Gasteiger partial charge in [-0.3, -0.25) is 0 Å². The Morgan fingerprint density at radius 1 is 1.04 bits per heavy atom. The summed E-state index contributed by atoms with van der Waals surface area (Å²) < 4.78 is 16.4. The van der Waals surface area contributed by atoms with Crippen LogP contribution in [0.25, 0.3) is 0 Å². The number of phenolic OH excluding ortho intramolecular Hbond substituents is 1. The Morgan fingerprint density at radius 2 is 1.72 bits per heavy atom. The van der Waals surface area contributed by atoms with Crippen molar-refractivity contribution in [3.63, 3.8) is 0 Å². The molecule has 25 heavy (non-hydrogen) atoms. The van der Waals surface area contributed by atoms with Crippen LogP contribution in [-0.4, -0.2) is 29.3 Å². The number of carbonyl (C=O) groups excluding carboxylic acids is 1. The van der Waals surface area contributed by atoms with Crippen LogP contribution in [0.15, 0.2) is 12.1 Å². The minimum Gasteiger partial charge on any atom is -0.508 e. The number of phenols is 1. The van der Waals surface area contributed by atoms with Crippen molar-refractivity contribution in [2.24, 2.45) is 0 Å². The molecule has 7 nitrogen and oxygen atoms in total. The van der Waals surface area contributed by atoms with Gasteiger partial charge in [0.2, 0.25) is 0 Å². The molecule has 2 N–H and O–H groups in total. The number of aromatic hydroxyl groups is 1. The van der Waals surface area contributed by atoms with Crippen molar-refractivity contribution in [3.05, 3.63) is 39.9 Å². The molecular formula is C18H16O7. The lowest BCUT2D eigenvalue weighted by molar-refractivity contribution is 0.0685. The third-order valence-electron chi connectivity index (χ3n) is 4.19. The molecule has 0 aliphatic carbocycles. The molecule has 0 unspecified atom stereocenters. The predicted octanol–water partition coefficient (Wildman–Crippen LogP) is 3.35. The highest BCUT2D eigenvalue weighted by Crippen LogP contribution is 2.48. The van der Waals surface area contributed by atoms with Gasteiger partial charge in [0.05, 0.1) is 7.11 Å². The van der Waals surface area contributed by atoms with Gasteiger partial charge >= 0.3 is 11.9 Å². The van der Waals surface area contributed by atoms with Crippen LogP contribution in [0.4, 0.5) is 0 Å². The Balaban J connectivity index is 2.37. The lowest BCUT2D eigenvalue weighted by Crippen LogP contribution is -2.11. The molecule has 3 rings (SSSR count). The highest BCUT2D eigenvalue weighted by Gasteiger charge is 2.33. The fourth-order valence-corrected chi connectivity index (χ4v) is 2.80. The number of aromatic carboxylic acids is 1. The maximum atomic E-state index is 12.6. The summed E-state index contributed by atoms with van der Waals surface area (Å²) in [7, 11) is 1.39. The number of esters is 1. The fourth-order valence-electron chi connectivity index (χ4n) is 2.80. The number of fused-ring (bicyclic) bond motifs is 2. The first-order valence-electron chi connectivity index (χ1n) is 7.44. The summed E-state index contributed by atoms with van der Waals surface area (Å²) in [6.45, 7) is 4.83. The number of methoxy groups -OCH3 is 1. The standard InChI is InChI=1S/C18H16O7/c1-7-5-11(19)8(2)14-13(7)18(22)25-15-9(3)12(23-4)6-10(17(20)21)16(15)24-14/h5-6,19H,1-4H3,(H,20,21). The summed E-state index contributed by atoms with van der Waals surface area (Å²) in [5.41, 5.74) is 1.13. The van der Waals surface area contributed by atoms with E-state index in [4.69, 9.17) is 14.2 Å². The van der Waals surface area contributed by atoms with Crippen molar-refractivity contribution >= 4 is 11.9 Å². The lowest BCUT2D eigenvalue weighted by atomic mass is 10.0. The molecule has 0 radical (unpaired) electrons. The summed E-state index contributed by atoms with van der Waals surface area (Å²) in [6.07, 6.45) is 0. The minimum absolute atomic E-state index is 0.0174. The Morgan fingerprint density at radius 3 is 2.32 bits per heavy atom. The van der Waals surface area contributed by atoms with E-state index in [9.17, 15) is 19.8 Å². The zero-order valence-corrected chi connectivity index (χ0v) is 14.1. The molecule has 0 amide bonds. The van der Waals surface area contributed by atoms with Crippen LogP contribution in [0.3, 0.4) is 0 Å². The van der Waals surface area contributed by atoms with Crippen LogP contribution in [-0.2, 0) is 0 Å².